The summed E-state index contributed by atoms with van der Waals surface area (Å²) in [5, 5.41) is 3.86. The van der Waals surface area contributed by atoms with Gasteiger partial charge in [-0.1, -0.05) is 49.2 Å². The summed E-state index contributed by atoms with van der Waals surface area (Å²) in [6, 6.07) is 11.0. The van der Waals surface area contributed by atoms with Crippen molar-refractivity contribution in [2.45, 2.75) is 26.3 Å². The molecule has 0 bridgehead atoms. The van der Waals surface area contributed by atoms with Gasteiger partial charge in [0.25, 0.3) is 5.91 Å². The van der Waals surface area contributed by atoms with Gasteiger partial charge in [-0.15, -0.1) is 0 Å². The Kier molecular flexibility index (Phi) is 6.96. The average molecular weight is 431 g/mol. The highest BCUT2D eigenvalue weighted by Gasteiger charge is 2.09. The van der Waals surface area contributed by atoms with Crippen LogP contribution < -0.4 is 10.1 Å². The van der Waals surface area contributed by atoms with Crippen LogP contribution in [0.2, 0.25) is 10.0 Å². The second kappa shape index (κ2) is 8.75. The van der Waals surface area contributed by atoms with Crippen LogP contribution in [0.4, 0.5) is 0 Å². The zero-order chi connectivity index (χ0) is 17.7. The van der Waals surface area contributed by atoms with Crippen molar-refractivity contribution in [1.82, 2.24) is 5.32 Å². The van der Waals surface area contributed by atoms with Crippen LogP contribution in [0.5, 0.6) is 5.75 Å². The van der Waals surface area contributed by atoms with E-state index in [4.69, 9.17) is 27.9 Å². The fourth-order valence-electron chi connectivity index (χ4n) is 2.05. The maximum atomic E-state index is 11.9. The Labute approximate surface area is 160 Å². The first-order valence-electron chi connectivity index (χ1n) is 7.49. The lowest BCUT2D eigenvalue weighted by atomic mass is 10.0. The molecular formula is C18H18BrCl2NO2. The number of carbonyl (C=O) groups is 1. The van der Waals surface area contributed by atoms with Gasteiger partial charge >= 0.3 is 0 Å². The monoisotopic (exact) mass is 429 g/mol. The van der Waals surface area contributed by atoms with Crippen molar-refractivity contribution in [2.75, 3.05) is 6.61 Å². The summed E-state index contributed by atoms with van der Waals surface area (Å²) in [5.74, 6) is 0.850. The van der Waals surface area contributed by atoms with Gasteiger partial charge in [-0.2, -0.15) is 0 Å². The number of rotatable bonds is 6. The van der Waals surface area contributed by atoms with Crippen LogP contribution >= 0.6 is 39.1 Å². The van der Waals surface area contributed by atoms with Gasteiger partial charge in [0.05, 0.1) is 4.47 Å². The highest BCUT2D eigenvalue weighted by atomic mass is 79.9. The summed E-state index contributed by atoms with van der Waals surface area (Å²) in [4.78, 5) is 11.9. The lowest BCUT2D eigenvalue weighted by Crippen LogP contribution is -2.28. The molecule has 2 aromatic carbocycles. The fourth-order valence-corrected chi connectivity index (χ4v) is 3.03. The normalized spacial score (nSPS) is 10.8. The van der Waals surface area contributed by atoms with E-state index in [0.29, 0.717) is 28.3 Å². The lowest BCUT2D eigenvalue weighted by molar-refractivity contribution is -0.123. The molecule has 24 heavy (non-hydrogen) atoms. The van der Waals surface area contributed by atoms with Crippen molar-refractivity contribution < 1.29 is 9.53 Å². The Bertz CT molecular complexity index is 735. The smallest absolute Gasteiger partial charge is 0.258 e. The van der Waals surface area contributed by atoms with Gasteiger partial charge in [-0.3, -0.25) is 4.79 Å². The SMILES string of the molecule is CC(C)c1ccc(OCC(=O)NCc2ccc(Cl)cc2Cl)c(Br)c1. The highest BCUT2D eigenvalue weighted by Crippen LogP contribution is 2.28. The van der Waals surface area contributed by atoms with Gasteiger partial charge in [0, 0.05) is 16.6 Å². The molecule has 3 nitrogen and oxygen atoms in total. The Morgan fingerprint density at radius 3 is 2.58 bits per heavy atom. The van der Waals surface area contributed by atoms with E-state index in [1.807, 2.05) is 18.2 Å². The molecule has 0 heterocycles. The van der Waals surface area contributed by atoms with Crippen molar-refractivity contribution >= 4 is 45.0 Å². The topological polar surface area (TPSA) is 38.3 Å². The molecule has 0 aliphatic rings. The van der Waals surface area contributed by atoms with E-state index in [2.05, 4.69) is 35.1 Å². The van der Waals surface area contributed by atoms with E-state index in [-0.39, 0.29) is 12.5 Å². The summed E-state index contributed by atoms with van der Waals surface area (Å²) in [5.41, 5.74) is 2.01. The second-order valence-electron chi connectivity index (χ2n) is 5.65. The molecule has 2 aromatic rings. The molecule has 128 valence electrons. The molecule has 0 aliphatic carbocycles. The third-order valence-corrected chi connectivity index (χ3v) is 4.68. The van der Waals surface area contributed by atoms with Gasteiger partial charge in [0.1, 0.15) is 5.75 Å². The Morgan fingerprint density at radius 1 is 1.21 bits per heavy atom. The summed E-state index contributed by atoms with van der Waals surface area (Å²) >= 11 is 15.4. The van der Waals surface area contributed by atoms with E-state index < -0.39 is 0 Å². The van der Waals surface area contributed by atoms with Crippen LogP contribution in [0.1, 0.15) is 30.9 Å². The van der Waals surface area contributed by atoms with Crippen LogP contribution in [0, 0.1) is 0 Å². The van der Waals surface area contributed by atoms with Crippen LogP contribution in [0.25, 0.3) is 0 Å². The van der Waals surface area contributed by atoms with E-state index in [9.17, 15) is 4.79 Å². The molecule has 0 spiro atoms. The van der Waals surface area contributed by atoms with E-state index in [1.165, 1.54) is 5.56 Å². The zero-order valence-corrected chi connectivity index (χ0v) is 16.5. The molecule has 0 aliphatic heterocycles. The van der Waals surface area contributed by atoms with Gasteiger partial charge in [0.2, 0.25) is 0 Å². The van der Waals surface area contributed by atoms with Gasteiger partial charge < -0.3 is 10.1 Å². The van der Waals surface area contributed by atoms with Gasteiger partial charge in [-0.05, 0) is 57.2 Å². The van der Waals surface area contributed by atoms with Crippen molar-refractivity contribution in [2.24, 2.45) is 0 Å². The number of amides is 1. The van der Waals surface area contributed by atoms with Crippen LogP contribution in [-0.2, 0) is 11.3 Å². The second-order valence-corrected chi connectivity index (χ2v) is 7.34. The van der Waals surface area contributed by atoms with E-state index in [0.717, 1.165) is 10.0 Å². The Morgan fingerprint density at radius 2 is 1.96 bits per heavy atom. The third-order valence-electron chi connectivity index (χ3n) is 3.47. The number of carbonyl (C=O) groups excluding carboxylic acids is 1. The molecule has 0 saturated carbocycles. The largest absolute Gasteiger partial charge is 0.483 e. The minimum atomic E-state index is -0.221. The number of halogens is 3. The van der Waals surface area contributed by atoms with Crippen LogP contribution in [-0.4, -0.2) is 12.5 Å². The molecular weight excluding hydrogens is 413 g/mol. The fraction of sp³-hybridized carbons (Fsp3) is 0.278. The average Bonchev–Trinajstić information content (AvgIpc) is 2.52. The number of benzene rings is 2. The van der Waals surface area contributed by atoms with Gasteiger partial charge in [0.15, 0.2) is 6.61 Å². The molecule has 0 radical (unpaired) electrons. The van der Waals surface area contributed by atoms with E-state index >= 15 is 0 Å². The van der Waals surface area contributed by atoms with Crippen LogP contribution in [0.3, 0.4) is 0 Å². The number of hydrogen-bond donors (Lipinski definition) is 1. The predicted octanol–water partition coefficient (Wildman–Crippen LogP) is 5.57. The Balaban J connectivity index is 1.87. The first kappa shape index (κ1) is 19.1. The van der Waals surface area contributed by atoms with Crippen molar-refractivity contribution in [3.05, 3.63) is 62.0 Å². The molecule has 0 saturated heterocycles. The van der Waals surface area contributed by atoms with Crippen molar-refractivity contribution in [3.63, 3.8) is 0 Å². The lowest BCUT2D eigenvalue weighted by Gasteiger charge is -2.12. The standard InChI is InChI=1S/C18H18BrCl2NO2/c1-11(2)12-4-6-17(15(19)7-12)24-10-18(23)22-9-13-3-5-14(20)8-16(13)21/h3-8,11H,9-10H2,1-2H3,(H,22,23). The minimum absolute atomic E-state index is 0.0646. The third kappa shape index (κ3) is 5.40. The predicted molar refractivity (Wildman–Crippen MR) is 102 cm³/mol. The summed E-state index contributed by atoms with van der Waals surface area (Å²) in [7, 11) is 0. The first-order valence-corrected chi connectivity index (χ1v) is 9.04. The van der Waals surface area contributed by atoms with Crippen molar-refractivity contribution in [1.29, 1.82) is 0 Å². The maximum Gasteiger partial charge on any atom is 0.258 e. The molecule has 0 atom stereocenters. The molecule has 0 fully saturated rings. The van der Waals surface area contributed by atoms with Crippen molar-refractivity contribution in [3.8, 4) is 5.75 Å². The molecule has 0 aromatic heterocycles. The van der Waals surface area contributed by atoms with E-state index in [1.54, 1.807) is 18.2 Å². The molecule has 6 heteroatoms. The zero-order valence-electron chi connectivity index (χ0n) is 13.4. The molecule has 0 unspecified atom stereocenters. The van der Waals surface area contributed by atoms with Crippen LogP contribution in [0.15, 0.2) is 40.9 Å². The first-order chi connectivity index (χ1) is 11.4. The summed E-state index contributed by atoms with van der Waals surface area (Å²) in [6.07, 6.45) is 0. The summed E-state index contributed by atoms with van der Waals surface area (Å²) in [6.45, 7) is 4.51. The Hall–Kier alpha value is -1.23. The molecule has 2 rings (SSSR count). The number of hydrogen-bond acceptors (Lipinski definition) is 2. The molecule has 1 N–H and O–H groups in total. The highest BCUT2D eigenvalue weighted by molar-refractivity contribution is 9.10. The van der Waals surface area contributed by atoms with Gasteiger partial charge in [-0.25, -0.2) is 0 Å². The number of nitrogens with one attached hydrogen (secondary N) is 1. The maximum absolute atomic E-state index is 11.9. The molecule has 1 amide bonds. The number of ether oxygens (including phenoxy) is 1. The minimum Gasteiger partial charge on any atom is -0.483 e. The quantitative estimate of drug-likeness (QED) is 0.649. The summed E-state index contributed by atoms with van der Waals surface area (Å²) < 4.78 is 6.39.